The van der Waals surface area contributed by atoms with Crippen LogP contribution in [0.15, 0.2) is 36.4 Å². The third-order valence-corrected chi connectivity index (χ3v) is 3.33. The number of rotatable bonds is 3. The van der Waals surface area contributed by atoms with Crippen molar-refractivity contribution in [1.82, 2.24) is 9.97 Å². The molecule has 1 aromatic heterocycles. The first-order valence-electron chi connectivity index (χ1n) is 6.26. The maximum atomic E-state index is 13.6. The van der Waals surface area contributed by atoms with Gasteiger partial charge < -0.3 is 10.3 Å². The Kier molecular flexibility index (Phi) is 3.32. The fraction of sp³-hybridized carbons (Fsp3) is 0.133. The maximum Gasteiger partial charge on any atom is 0.128 e. The maximum absolute atomic E-state index is 13.6. The smallest absolute Gasteiger partial charge is 0.128 e. The van der Waals surface area contributed by atoms with Crippen LogP contribution in [-0.2, 0) is 6.54 Å². The monoisotopic (exact) mass is 289 g/mol. The third-order valence-electron chi connectivity index (χ3n) is 3.09. The topological polar surface area (TPSA) is 40.7 Å². The number of aryl methyl sites for hydroxylation is 1. The van der Waals surface area contributed by atoms with Crippen molar-refractivity contribution >= 4 is 28.3 Å². The molecular formula is C15H13ClFN3. The van der Waals surface area contributed by atoms with Crippen molar-refractivity contribution in [2.45, 2.75) is 13.5 Å². The van der Waals surface area contributed by atoms with Crippen molar-refractivity contribution in [1.29, 1.82) is 0 Å². The second-order valence-corrected chi connectivity index (χ2v) is 5.08. The van der Waals surface area contributed by atoms with Gasteiger partial charge >= 0.3 is 0 Å². The van der Waals surface area contributed by atoms with Gasteiger partial charge in [-0.3, -0.25) is 0 Å². The summed E-state index contributed by atoms with van der Waals surface area (Å²) >= 11 is 5.87. The zero-order chi connectivity index (χ0) is 14.1. The lowest BCUT2D eigenvalue weighted by atomic mass is 10.2. The summed E-state index contributed by atoms with van der Waals surface area (Å²) in [7, 11) is 0. The van der Waals surface area contributed by atoms with Crippen LogP contribution in [-0.4, -0.2) is 9.97 Å². The van der Waals surface area contributed by atoms with Crippen LogP contribution < -0.4 is 5.32 Å². The summed E-state index contributed by atoms with van der Waals surface area (Å²) in [6.45, 7) is 2.29. The average molecular weight is 290 g/mol. The zero-order valence-corrected chi connectivity index (χ0v) is 11.6. The highest BCUT2D eigenvalue weighted by molar-refractivity contribution is 6.30. The van der Waals surface area contributed by atoms with E-state index in [1.807, 2.05) is 25.1 Å². The molecule has 3 aromatic rings. The van der Waals surface area contributed by atoms with Crippen LogP contribution in [0.25, 0.3) is 11.0 Å². The first-order valence-corrected chi connectivity index (χ1v) is 6.64. The van der Waals surface area contributed by atoms with Crippen LogP contribution in [0.5, 0.6) is 0 Å². The Morgan fingerprint density at radius 2 is 2.10 bits per heavy atom. The molecule has 2 aromatic carbocycles. The molecule has 0 unspecified atom stereocenters. The molecule has 0 radical (unpaired) electrons. The molecule has 0 spiro atoms. The lowest BCUT2D eigenvalue weighted by Crippen LogP contribution is -2.01. The number of aromatic nitrogens is 2. The molecule has 0 aliphatic carbocycles. The number of imidazole rings is 1. The summed E-state index contributed by atoms with van der Waals surface area (Å²) in [5.41, 5.74) is 3.32. The lowest BCUT2D eigenvalue weighted by molar-refractivity contribution is 0.613. The minimum Gasteiger partial charge on any atom is -0.381 e. The summed E-state index contributed by atoms with van der Waals surface area (Å²) in [5.74, 6) is 0.610. The van der Waals surface area contributed by atoms with Gasteiger partial charge in [-0.2, -0.15) is 0 Å². The Morgan fingerprint density at radius 3 is 2.95 bits per heavy atom. The molecule has 0 saturated heterocycles. The van der Waals surface area contributed by atoms with Crippen molar-refractivity contribution < 1.29 is 4.39 Å². The molecule has 2 N–H and O–H groups in total. The molecule has 3 rings (SSSR count). The normalized spacial score (nSPS) is 10.9. The summed E-state index contributed by atoms with van der Waals surface area (Å²) < 4.78 is 13.6. The number of nitrogens with zero attached hydrogens (tertiary/aromatic N) is 1. The summed E-state index contributed by atoms with van der Waals surface area (Å²) in [6.07, 6.45) is 0. The van der Waals surface area contributed by atoms with E-state index in [9.17, 15) is 4.39 Å². The highest BCUT2D eigenvalue weighted by atomic mass is 35.5. The van der Waals surface area contributed by atoms with Crippen molar-refractivity contribution in [2.24, 2.45) is 0 Å². The van der Waals surface area contributed by atoms with Gasteiger partial charge in [-0.05, 0) is 43.3 Å². The van der Waals surface area contributed by atoms with Gasteiger partial charge in [-0.1, -0.05) is 11.6 Å². The summed E-state index contributed by atoms with van der Waals surface area (Å²) in [5, 5.41) is 3.71. The SMILES string of the molecule is Cc1nc2ccc(NCc3cc(Cl)ccc3F)cc2[nH]1. The van der Waals surface area contributed by atoms with Crippen LogP contribution in [0.3, 0.4) is 0 Å². The van der Waals surface area contributed by atoms with Gasteiger partial charge in [0.1, 0.15) is 11.6 Å². The number of hydrogen-bond acceptors (Lipinski definition) is 2. The first kappa shape index (κ1) is 12.9. The van der Waals surface area contributed by atoms with Gasteiger partial charge in [0, 0.05) is 22.8 Å². The Hall–Kier alpha value is -2.07. The molecule has 0 saturated carbocycles. The van der Waals surface area contributed by atoms with Gasteiger partial charge in [0.2, 0.25) is 0 Å². The first-order chi connectivity index (χ1) is 9.61. The largest absolute Gasteiger partial charge is 0.381 e. The number of hydrogen-bond donors (Lipinski definition) is 2. The third kappa shape index (κ3) is 2.60. The predicted octanol–water partition coefficient (Wildman–Crippen LogP) is 4.28. The molecule has 3 nitrogen and oxygen atoms in total. The molecule has 0 aliphatic rings. The number of aromatic amines is 1. The molecule has 0 atom stereocenters. The molecule has 0 bridgehead atoms. The van der Waals surface area contributed by atoms with E-state index < -0.39 is 0 Å². The Morgan fingerprint density at radius 1 is 1.25 bits per heavy atom. The predicted molar refractivity (Wildman–Crippen MR) is 79.6 cm³/mol. The highest BCUT2D eigenvalue weighted by Gasteiger charge is 2.04. The van der Waals surface area contributed by atoms with Crippen LogP contribution in [0.2, 0.25) is 5.02 Å². The fourth-order valence-corrected chi connectivity index (χ4v) is 2.32. The molecule has 0 fully saturated rings. The number of halogens is 2. The van der Waals surface area contributed by atoms with E-state index in [0.29, 0.717) is 17.1 Å². The summed E-state index contributed by atoms with van der Waals surface area (Å²) in [6, 6.07) is 10.3. The Bertz CT molecular complexity index is 767. The number of anilines is 1. The minimum absolute atomic E-state index is 0.264. The number of nitrogens with one attached hydrogen (secondary N) is 2. The lowest BCUT2D eigenvalue weighted by Gasteiger charge is -2.08. The molecule has 0 aliphatic heterocycles. The van der Waals surface area contributed by atoms with Crippen LogP contribution in [0.4, 0.5) is 10.1 Å². The van der Waals surface area contributed by atoms with Gasteiger partial charge in [0.25, 0.3) is 0 Å². The van der Waals surface area contributed by atoms with Crippen molar-refractivity contribution in [3.8, 4) is 0 Å². The number of benzene rings is 2. The quantitative estimate of drug-likeness (QED) is 0.756. The van der Waals surface area contributed by atoms with Gasteiger partial charge in [0.15, 0.2) is 0 Å². The van der Waals surface area contributed by atoms with Gasteiger partial charge in [-0.15, -0.1) is 0 Å². The molecule has 5 heteroatoms. The molecule has 1 heterocycles. The Balaban J connectivity index is 1.80. The molecule has 102 valence electrons. The van der Waals surface area contributed by atoms with E-state index in [1.165, 1.54) is 6.07 Å². The number of fused-ring (bicyclic) bond motifs is 1. The fourth-order valence-electron chi connectivity index (χ4n) is 2.12. The van der Waals surface area contributed by atoms with Crippen molar-refractivity contribution in [2.75, 3.05) is 5.32 Å². The van der Waals surface area contributed by atoms with Crippen LogP contribution in [0, 0.1) is 12.7 Å². The average Bonchev–Trinajstić information content (AvgIpc) is 2.79. The van der Waals surface area contributed by atoms with Crippen LogP contribution in [0.1, 0.15) is 11.4 Å². The second-order valence-electron chi connectivity index (χ2n) is 4.64. The van der Waals surface area contributed by atoms with Gasteiger partial charge in [0.05, 0.1) is 11.0 Å². The zero-order valence-electron chi connectivity index (χ0n) is 10.9. The van der Waals surface area contributed by atoms with Gasteiger partial charge in [-0.25, -0.2) is 9.37 Å². The van der Waals surface area contributed by atoms with E-state index >= 15 is 0 Å². The summed E-state index contributed by atoms with van der Waals surface area (Å²) in [4.78, 5) is 7.51. The Labute approximate surface area is 120 Å². The van der Waals surface area contributed by atoms with E-state index in [1.54, 1.807) is 12.1 Å². The highest BCUT2D eigenvalue weighted by Crippen LogP contribution is 2.19. The van der Waals surface area contributed by atoms with Crippen LogP contribution >= 0.6 is 11.6 Å². The standard InChI is InChI=1S/C15H13ClFN3/c1-9-19-14-5-3-12(7-15(14)20-9)18-8-10-6-11(16)2-4-13(10)17/h2-7,18H,8H2,1H3,(H,19,20). The molecule has 0 amide bonds. The number of H-pyrrole nitrogens is 1. The van der Waals surface area contributed by atoms with E-state index in [4.69, 9.17) is 11.6 Å². The molecular weight excluding hydrogens is 277 g/mol. The van der Waals surface area contributed by atoms with E-state index in [0.717, 1.165) is 22.5 Å². The van der Waals surface area contributed by atoms with Crippen molar-refractivity contribution in [3.63, 3.8) is 0 Å². The van der Waals surface area contributed by atoms with E-state index in [2.05, 4.69) is 15.3 Å². The minimum atomic E-state index is -0.264. The van der Waals surface area contributed by atoms with E-state index in [-0.39, 0.29) is 5.82 Å². The molecule has 20 heavy (non-hydrogen) atoms. The van der Waals surface area contributed by atoms with Crippen molar-refractivity contribution in [3.05, 3.63) is 58.6 Å². The second kappa shape index (κ2) is 5.13.